The van der Waals surface area contributed by atoms with Crippen LogP contribution >= 0.6 is 15.9 Å². The molecule has 2 aromatic carbocycles. The summed E-state index contributed by atoms with van der Waals surface area (Å²) in [6.07, 6.45) is 0.773. The molecule has 108 valence electrons. The van der Waals surface area contributed by atoms with Gasteiger partial charge in [-0.25, -0.2) is 5.43 Å². The molecule has 3 aromatic rings. The van der Waals surface area contributed by atoms with Gasteiger partial charge in [0.05, 0.1) is 6.04 Å². The number of hydrogen-bond acceptors (Lipinski definition) is 3. The normalized spacial score (nSPS) is 12.7. The van der Waals surface area contributed by atoms with Crippen LogP contribution < -0.4 is 11.3 Å². The van der Waals surface area contributed by atoms with Crippen molar-refractivity contribution >= 4 is 26.9 Å². The fraction of sp³-hybridized carbons (Fsp3) is 0.176. The largest absolute Gasteiger partial charge is 0.459 e. The number of benzene rings is 2. The maximum absolute atomic E-state index is 6.00. The van der Waals surface area contributed by atoms with Gasteiger partial charge in [-0.1, -0.05) is 46.3 Å². The lowest BCUT2D eigenvalue weighted by Crippen LogP contribution is -2.29. The van der Waals surface area contributed by atoms with Crippen LogP contribution in [0, 0.1) is 6.92 Å². The van der Waals surface area contributed by atoms with Gasteiger partial charge in [0.15, 0.2) is 0 Å². The van der Waals surface area contributed by atoms with Crippen molar-refractivity contribution in [2.45, 2.75) is 19.4 Å². The molecule has 1 unspecified atom stereocenters. The number of hydrazine groups is 1. The summed E-state index contributed by atoms with van der Waals surface area (Å²) in [5.74, 6) is 6.59. The molecule has 3 nitrogen and oxygen atoms in total. The van der Waals surface area contributed by atoms with Gasteiger partial charge < -0.3 is 4.42 Å². The molecule has 0 aliphatic carbocycles. The van der Waals surface area contributed by atoms with E-state index in [4.69, 9.17) is 10.3 Å². The summed E-state index contributed by atoms with van der Waals surface area (Å²) in [4.78, 5) is 0. The van der Waals surface area contributed by atoms with Crippen LogP contribution in [0.1, 0.15) is 22.9 Å². The highest BCUT2D eigenvalue weighted by Crippen LogP contribution is 2.28. The van der Waals surface area contributed by atoms with Crippen molar-refractivity contribution in [1.29, 1.82) is 0 Å². The van der Waals surface area contributed by atoms with Crippen molar-refractivity contribution in [3.63, 3.8) is 0 Å². The highest BCUT2D eigenvalue weighted by molar-refractivity contribution is 9.10. The lowest BCUT2D eigenvalue weighted by Gasteiger charge is -2.13. The van der Waals surface area contributed by atoms with Crippen LogP contribution in [0.15, 0.2) is 57.4 Å². The second kappa shape index (κ2) is 6.02. The topological polar surface area (TPSA) is 51.2 Å². The first-order chi connectivity index (χ1) is 10.2. The van der Waals surface area contributed by atoms with Gasteiger partial charge in [-0.3, -0.25) is 5.84 Å². The average Bonchev–Trinajstić information content (AvgIpc) is 2.90. The Morgan fingerprint density at radius 3 is 2.71 bits per heavy atom. The number of furan rings is 1. The molecule has 4 heteroatoms. The Kier molecular flexibility index (Phi) is 4.10. The van der Waals surface area contributed by atoms with E-state index in [0.717, 1.165) is 33.2 Å². The Bertz CT molecular complexity index is 766. The standard InChI is InChI=1S/C17H17BrN2O/c1-11-4-2-6-13-10-16(21-17(11)13)15(20-19)9-12-5-3-7-14(18)8-12/h2-8,10,15,20H,9,19H2,1H3. The first kappa shape index (κ1) is 14.3. The van der Waals surface area contributed by atoms with E-state index in [9.17, 15) is 0 Å². The maximum Gasteiger partial charge on any atom is 0.137 e. The predicted octanol–water partition coefficient (Wildman–Crippen LogP) is 4.25. The van der Waals surface area contributed by atoms with Crippen molar-refractivity contribution in [3.8, 4) is 0 Å². The van der Waals surface area contributed by atoms with Crippen molar-refractivity contribution in [3.05, 3.63) is 69.9 Å². The van der Waals surface area contributed by atoms with Gasteiger partial charge in [-0.05, 0) is 42.7 Å². The van der Waals surface area contributed by atoms with E-state index in [-0.39, 0.29) is 6.04 Å². The molecule has 0 aliphatic heterocycles. The van der Waals surface area contributed by atoms with Gasteiger partial charge in [-0.15, -0.1) is 0 Å². The minimum Gasteiger partial charge on any atom is -0.459 e. The Morgan fingerprint density at radius 1 is 1.19 bits per heavy atom. The molecular formula is C17H17BrN2O. The van der Waals surface area contributed by atoms with Crippen LogP contribution in [0.2, 0.25) is 0 Å². The smallest absolute Gasteiger partial charge is 0.137 e. The molecule has 0 radical (unpaired) electrons. The van der Waals surface area contributed by atoms with Gasteiger partial charge in [-0.2, -0.15) is 0 Å². The highest BCUT2D eigenvalue weighted by Gasteiger charge is 2.16. The summed E-state index contributed by atoms with van der Waals surface area (Å²) in [7, 11) is 0. The third-order valence-corrected chi connectivity index (χ3v) is 4.13. The van der Waals surface area contributed by atoms with E-state index in [1.165, 1.54) is 5.56 Å². The molecule has 0 spiro atoms. The molecule has 0 aliphatic rings. The zero-order chi connectivity index (χ0) is 14.8. The van der Waals surface area contributed by atoms with Crippen LogP contribution in [0.5, 0.6) is 0 Å². The zero-order valence-corrected chi connectivity index (χ0v) is 13.4. The number of nitrogens with one attached hydrogen (secondary N) is 1. The molecule has 1 atom stereocenters. The molecule has 1 aromatic heterocycles. The first-order valence-electron chi connectivity index (χ1n) is 6.87. The minimum atomic E-state index is -0.0499. The average molecular weight is 345 g/mol. The molecule has 0 fully saturated rings. The lowest BCUT2D eigenvalue weighted by atomic mass is 10.0. The molecule has 3 N–H and O–H groups in total. The summed E-state index contributed by atoms with van der Waals surface area (Å²) in [6, 6.07) is 16.4. The summed E-state index contributed by atoms with van der Waals surface area (Å²) in [5.41, 5.74) is 6.12. The number of fused-ring (bicyclic) bond motifs is 1. The fourth-order valence-electron chi connectivity index (χ4n) is 2.54. The molecule has 3 rings (SSSR count). The minimum absolute atomic E-state index is 0.0499. The molecular weight excluding hydrogens is 328 g/mol. The molecule has 21 heavy (non-hydrogen) atoms. The van der Waals surface area contributed by atoms with Crippen molar-refractivity contribution in [2.24, 2.45) is 5.84 Å². The number of hydrogen-bond donors (Lipinski definition) is 2. The molecule has 0 saturated carbocycles. The van der Waals surface area contributed by atoms with E-state index in [1.807, 2.05) is 18.2 Å². The second-order valence-corrected chi connectivity index (χ2v) is 6.11. The van der Waals surface area contributed by atoms with Gasteiger partial charge in [0.1, 0.15) is 11.3 Å². The monoisotopic (exact) mass is 344 g/mol. The van der Waals surface area contributed by atoms with Gasteiger partial charge in [0.25, 0.3) is 0 Å². The summed E-state index contributed by atoms with van der Waals surface area (Å²) >= 11 is 3.49. The van der Waals surface area contributed by atoms with Crippen LogP contribution in [-0.4, -0.2) is 0 Å². The molecule has 0 amide bonds. The van der Waals surface area contributed by atoms with Crippen LogP contribution in [-0.2, 0) is 6.42 Å². The van der Waals surface area contributed by atoms with E-state index in [1.54, 1.807) is 0 Å². The second-order valence-electron chi connectivity index (χ2n) is 5.20. The number of para-hydroxylation sites is 1. The van der Waals surface area contributed by atoms with E-state index in [0.29, 0.717) is 0 Å². The van der Waals surface area contributed by atoms with Gasteiger partial charge in [0.2, 0.25) is 0 Å². The van der Waals surface area contributed by atoms with E-state index < -0.39 is 0 Å². The predicted molar refractivity (Wildman–Crippen MR) is 88.9 cm³/mol. The first-order valence-corrected chi connectivity index (χ1v) is 7.66. The van der Waals surface area contributed by atoms with Crippen LogP contribution in [0.3, 0.4) is 0 Å². The van der Waals surface area contributed by atoms with Crippen molar-refractivity contribution in [2.75, 3.05) is 0 Å². The Morgan fingerprint density at radius 2 is 2.00 bits per heavy atom. The summed E-state index contributed by atoms with van der Waals surface area (Å²) in [5, 5.41) is 1.11. The molecule has 1 heterocycles. The Balaban J connectivity index is 1.93. The number of rotatable bonds is 4. The lowest BCUT2D eigenvalue weighted by molar-refractivity contribution is 0.434. The van der Waals surface area contributed by atoms with Crippen molar-refractivity contribution in [1.82, 2.24) is 5.43 Å². The van der Waals surface area contributed by atoms with Gasteiger partial charge in [0, 0.05) is 9.86 Å². The Labute approximate surface area is 132 Å². The summed E-state index contributed by atoms with van der Waals surface area (Å²) in [6.45, 7) is 2.05. The highest BCUT2D eigenvalue weighted by atomic mass is 79.9. The van der Waals surface area contributed by atoms with E-state index >= 15 is 0 Å². The van der Waals surface area contributed by atoms with Crippen LogP contribution in [0.4, 0.5) is 0 Å². The van der Waals surface area contributed by atoms with Gasteiger partial charge >= 0.3 is 0 Å². The number of nitrogens with two attached hydrogens (primary N) is 1. The van der Waals surface area contributed by atoms with Crippen LogP contribution in [0.25, 0.3) is 11.0 Å². The molecule has 0 saturated heterocycles. The maximum atomic E-state index is 6.00. The quantitative estimate of drug-likeness (QED) is 0.549. The Hall–Kier alpha value is -1.62. The third-order valence-electron chi connectivity index (χ3n) is 3.63. The van der Waals surface area contributed by atoms with Crippen molar-refractivity contribution < 1.29 is 4.42 Å². The zero-order valence-electron chi connectivity index (χ0n) is 11.8. The summed E-state index contributed by atoms with van der Waals surface area (Å²) < 4.78 is 7.07. The SMILES string of the molecule is Cc1cccc2cc(C(Cc3cccc(Br)c3)NN)oc12. The number of aryl methyl sites for hydroxylation is 1. The third kappa shape index (κ3) is 3.02. The fourth-order valence-corrected chi connectivity index (χ4v) is 2.99. The molecule has 0 bridgehead atoms. The van der Waals surface area contributed by atoms with E-state index in [2.05, 4.69) is 58.6 Å². The number of halogens is 1.